The van der Waals surface area contributed by atoms with Crippen molar-refractivity contribution < 1.29 is 4.79 Å². The van der Waals surface area contributed by atoms with Gasteiger partial charge >= 0.3 is 0 Å². The van der Waals surface area contributed by atoms with Crippen LogP contribution in [0.2, 0.25) is 0 Å². The number of thioether (sulfide) groups is 1. The number of hydrogen-bond acceptors (Lipinski definition) is 5. The third kappa shape index (κ3) is 4.03. The molecule has 134 valence electrons. The fourth-order valence-electron chi connectivity index (χ4n) is 2.97. The third-order valence-corrected chi connectivity index (χ3v) is 5.92. The minimum Gasteiger partial charge on any atom is -0.342 e. The number of benzene rings is 1. The number of carbonyl (C=O) groups excluding carboxylic acids is 1. The Kier molecular flexibility index (Phi) is 5.42. The van der Waals surface area contributed by atoms with E-state index >= 15 is 0 Å². The van der Waals surface area contributed by atoms with Gasteiger partial charge in [0.05, 0.1) is 10.9 Å². The molecule has 0 saturated carbocycles. The summed E-state index contributed by atoms with van der Waals surface area (Å²) in [6.45, 7) is 10.0. The predicted octanol–water partition coefficient (Wildman–Crippen LogP) is 3.02. The maximum atomic E-state index is 12.7. The highest BCUT2D eigenvalue weighted by molar-refractivity contribution is 8.00. The van der Waals surface area contributed by atoms with Gasteiger partial charge in [-0.2, -0.15) is 4.68 Å². The molecule has 0 spiro atoms. The minimum atomic E-state index is -0.204. The largest absolute Gasteiger partial charge is 0.342 e. The van der Waals surface area contributed by atoms with E-state index in [-0.39, 0.29) is 11.2 Å². The van der Waals surface area contributed by atoms with Gasteiger partial charge in [0.1, 0.15) is 0 Å². The lowest BCUT2D eigenvalue weighted by Gasteiger charge is -2.31. The number of hydrogen-bond donors (Lipinski definition) is 0. The summed E-state index contributed by atoms with van der Waals surface area (Å²) in [6, 6.07) is 6.12. The van der Waals surface area contributed by atoms with Crippen LogP contribution < -0.4 is 0 Å². The number of tetrazole rings is 1. The quantitative estimate of drug-likeness (QED) is 0.785. The summed E-state index contributed by atoms with van der Waals surface area (Å²) >= 11 is 1.42. The minimum absolute atomic E-state index is 0.173. The molecule has 1 aliphatic heterocycles. The van der Waals surface area contributed by atoms with Crippen molar-refractivity contribution >= 4 is 17.7 Å². The van der Waals surface area contributed by atoms with Crippen molar-refractivity contribution in [3.8, 4) is 5.69 Å². The van der Waals surface area contributed by atoms with E-state index in [1.54, 1.807) is 4.68 Å². The smallest absolute Gasteiger partial charge is 0.235 e. The van der Waals surface area contributed by atoms with Crippen molar-refractivity contribution in [1.82, 2.24) is 25.1 Å². The zero-order valence-electron chi connectivity index (χ0n) is 15.3. The summed E-state index contributed by atoms with van der Waals surface area (Å²) in [5.41, 5.74) is 3.34. The molecule has 1 aromatic heterocycles. The molecule has 6 nitrogen and oxygen atoms in total. The van der Waals surface area contributed by atoms with Crippen molar-refractivity contribution in [2.75, 3.05) is 13.1 Å². The van der Waals surface area contributed by atoms with Gasteiger partial charge in [0.15, 0.2) is 0 Å². The molecule has 1 atom stereocenters. The molecule has 1 amide bonds. The average molecular weight is 359 g/mol. The van der Waals surface area contributed by atoms with Crippen LogP contribution in [0.25, 0.3) is 5.69 Å². The first-order valence-corrected chi connectivity index (χ1v) is 9.65. The van der Waals surface area contributed by atoms with E-state index in [1.807, 2.05) is 17.9 Å². The normalized spacial score (nSPS) is 16.9. The molecule has 7 heteroatoms. The van der Waals surface area contributed by atoms with Gasteiger partial charge in [0.2, 0.25) is 11.1 Å². The summed E-state index contributed by atoms with van der Waals surface area (Å²) in [5.74, 6) is 0.885. The van der Waals surface area contributed by atoms with Crippen LogP contribution in [0.1, 0.15) is 37.8 Å². The Labute approximate surface area is 153 Å². The predicted molar refractivity (Wildman–Crippen MR) is 98.9 cm³/mol. The number of piperidine rings is 1. The average Bonchev–Trinajstić information content (AvgIpc) is 3.05. The number of carbonyl (C=O) groups is 1. The lowest BCUT2D eigenvalue weighted by atomic mass is 9.99. The molecule has 1 saturated heterocycles. The van der Waals surface area contributed by atoms with E-state index in [2.05, 4.69) is 48.4 Å². The van der Waals surface area contributed by atoms with Gasteiger partial charge in [-0.05, 0) is 73.2 Å². The van der Waals surface area contributed by atoms with Crippen LogP contribution in [0.3, 0.4) is 0 Å². The maximum Gasteiger partial charge on any atom is 0.235 e. The first-order chi connectivity index (χ1) is 12.0. The molecular weight excluding hydrogens is 334 g/mol. The zero-order valence-corrected chi connectivity index (χ0v) is 16.1. The molecule has 1 aliphatic rings. The van der Waals surface area contributed by atoms with E-state index in [9.17, 15) is 4.79 Å². The molecule has 2 aromatic rings. The maximum absolute atomic E-state index is 12.7. The van der Waals surface area contributed by atoms with Crippen molar-refractivity contribution in [2.24, 2.45) is 5.92 Å². The van der Waals surface area contributed by atoms with E-state index in [0.29, 0.717) is 11.1 Å². The third-order valence-electron chi connectivity index (χ3n) is 4.90. The van der Waals surface area contributed by atoms with Crippen molar-refractivity contribution in [3.05, 3.63) is 29.3 Å². The molecule has 2 heterocycles. The molecule has 0 N–H and O–H groups in total. The van der Waals surface area contributed by atoms with Crippen molar-refractivity contribution in [1.29, 1.82) is 0 Å². The molecule has 0 bridgehead atoms. The number of amides is 1. The zero-order chi connectivity index (χ0) is 18.0. The topological polar surface area (TPSA) is 63.9 Å². The van der Waals surface area contributed by atoms with Crippen LogP contribution in [0.15, 0.2) is 23.4 Å². The number of aromatic nitrogens is 4. The van der Waals surface area contributed by atoms with Crippen LogP contribution in [0, 0.1) is 19.8 Å². The molecule has 0 unspecified atom stereocenters. The summed E-state index contributed by atoms with van der Waals surface area (Å²) in [6.07, 6.45) is 2.17. The number of likely N-dealkylation sites (tertiary alicyclic amines) is 1. The van der Waals surface area contributed by atoms with Gasteiger partial charge < -0.3 is 4.90 Å². The van der Waals surface area contributed by atoms with Crippen LogP contribution >= 0.6 is 11.8 Å². The van der Waals surface area contributed by atoms with Crippen LogP contribution in [0.5, 0.6) is 0 Å². The number of aryl methyl sites for hydroxylation is 2. The number of nitrogens with zero attached hydrogens (tertiary/aromatic N) is 5. The molecule has 0 aliphatic carbocycles. The Bertz CT molecular complexity index is 752. The van der Waals surface area contributed by atoms with Crippen LogP contribution in [-0.4, -0.2) is 49.4 Å². The van der Waals surface area contributed by atoms with E-state index in [4.69, 9.17) is 0 Å². The molecule has 1 fully saturated rings. The Morgan fingerprint density at radius 1 is 1.24 bits per heavy atom. The van der Waals surface area contributed by atoms with Crippen LogP contribution in [0.4, 0.5) is 0 Å². The monoisotopic (exact) mass is 359 g/mol. The van der Waals surface area contributed by atoms with Crippen molar-refractivity contribution in [3.63, 3.8) is 0 Å². The molecule has 0 radical (unpaired) electrons. The second kappa shape index (κ2) is 7.56. The molecule has 25 heavy (non-hydrogen) atoms. The summed E-state index contributed by atoms with van der Waals surface area (Å²) < 4.78 is 1.71. The van der Waals surface area contributed by atoms with E-state index in [1.165, 1.54) is 22.9 Å². The van der Waals surface area contributed by atoms with Gasteiger partial charge in [-0.3, -0.25) is 4.79 Å². The highest BCUT2D eigenvalue weighted by atomic mass is 32.2. The molecular formula is C18H25N5OS. The lowest BCUT2D eigenvalue weighted by molar-refractivity contribution is -0.131. The van der Waals surface area contributed by atoms with Gasteiger partial charge in [-0.25, -0.2) is 0 Å². The first-order valence-electron chi connectivity index (χ1n) is 8.77. The van der Waals surface area contributed by atoms with E-state index in [0.717, 1.165) is 31.6 Å². The summed E-state index contributed by atoms with van der Waals surface area (Å²) in [7, 11) is 0. The first kappa shape index (κ1) is 17.9. The van der Waals surface area contributed by atoms with Gasteiger partial charge in [0.25, 0.3) is 0 Å². The summed E-state index contributed by atoms with van der Waals surface area (Å²) in [5, 5.41) is 12.5. The Balaban J connectivity index is 1.72. The van der Waals surface area contributed by atoms with Crippen LogP contribution in [-0.2, 0) is 4.79 Å². The summed E-state index contributed by atoms with van der Waals surface area (Å²) in [4.78, 5) is 14.7. The van der Waals surface area contributed by atoms with E-state index < -0.39 is 0 Å². The Morgan fingerprint density at radius 2 is 1.96 bits per heavy atom. The molecule has 1 aromatic carbocycles. The van der Waals surface area contributed by atoms with Gasteiger partial charge in [0, 0.05) is 13.1 Å². The van der Waals surface area contributed by atoms with Gasteiger partial charge in [-0.15, -0.1) is 5.10 Å². The fraction of sp³-hybridized carbons (Fsp3) is 0.556. The highest BCUT2D eigenvalue weighted by Gasteiger charge is 2.26. The standard InChI is InChI=1S/C18H25N5OS/c1-12-7-9-22(10-8-12)17(24)15(4)25-18-19-20-21-23(18)16-6-5-13(2)14(3)11-16/h5-6,11-12,15H,7-10H2,1-4H3/t15-/m0/s1. The second-order valence-corrected chi connectivity index (χ2v) is 8.22. The highest BCUT2D eigenvalue weighted by Crippen LogP contribution is 2.26. The SMILES string of the molecule is Cc1ccc(-n2nnnc2S[C@@H](C)C(=O)N2CCC(C)CC2)cc1C. The van der Waals surface area contributed by atoms with Gasteiger partial charge in [-0.1, -0.05) is 24.8 Å². The lowest BCUT2D eigenvalue weighted by Crippen LogP contribution is -2.41. The molecule has 3 rings (SSSR count). The second-order valence-electron chi connectivity index (χ2n) is 6.91. The Morgan fingerprint density at radius 3 is 2.64 bits per heavy atom. The fourth-order valence-corrected chi connectivity index (χ4v) is 3.86. The Hall–Kier alpha value is -1.89. The number of rotatable bonds is 4. The van der Waals surface area contributed by atoms with Crippen molar-refractivity contribution in [2.45, 2.75) is 50.9 Å².